The minimum absolute atomic E-state index is 0.453. The summed E-state index contributed by atoms with van der Waals surface area (Å²) in [4.78, 5) is 4.10. The average Bonchev–Trinajstić information content (AvgIpc) is 2.34. The molecular weight excluding hydrogens is 160 g/mol. The van der Waals surface area contributed by atoms with Crippen LogP contribution in [0.15, 0.2) is 12.5 Å². The van der Waals surface area contributed by atoms with E-state index in [0.717, 1.165) is 6.54 Å². The Hall–Kier alpha value is -0.790. The van der Waals surface area contributed by atoms with Gasteiger partial charge in [0.15, 0.2) is 0 Å². The fourth-order valence-electron chi connectivity index (χ4n) is 1.40. The lowest BCUT2D eigenvalue weighted by molar-refractivity contribution is 0.353. The van der Waals surface area contributed by atoms with Crippen molar-refractivity contribution >= 4 is 0 Å². The van der Waals surface area contributed by atoms with Crippen molar-refractivity contribution in [1.29, 1.82) is 0 Å². The highest BCUT2D eigenvalue weighted by molar-refractivity contribution is 4.93. The number of nitrogens with zero attached hydrogens (tertiary/aromatic N) is 2. The largest absolute Gasteiger partial charge is 0.335 e. The van der Waals surface area contributed by atoms with Gasteiger partial charge in [-0.25, -0.2) is 4.98 Å². The zero-order valence-corrected chi connectivity index (χ0v) is 9.17. The van der Waals surface area contributed by atoms with Crippen LogP contribution in [0.2, 0.25) is 0 Å². The van der Waals surface area contributed by atoms with Crippen LogP contribution in [0.1, 0.15) is 39.3 Å². The van der Waals surface area contributed by atoms with Gasteiger partial charge < -0.3 is 4.57 Å². The van der Waals surface area contributed by atoms with Crippen molar-refractivity contribution in [3.8, 4) is 0 Å². The number of hydrogen-bond donors (Lipinski definition) is 0. The zero-order chi connectivity index (χ0) is 9.90. The Labute approximate surface area is 81.0 Å². The minimum Gasteiger partial charge on any atom is -0.335 e. The molecule has 1 aromatic rings. The summed E-state index contributed by atoms with van der Waals surface area (Å²) in [6, 6.07) is 0. The smallest absolute Gasteiger partial charge is 0.0948 e. The van der Waals surface area contributed by atoms with Crippen LogP contribution in [-0.4, -0.2) is 9.55 Å². The minimum atomic E-state index is 0.453. The molecule has 0 bridgehead atoms. The van der Waals surface area contributed by atoms with E-state index in [-0.39, 0.29) is 0 Å². The summed E-state index contributed by atoms with van der Waals surface area (Å²) in [5.41, 5.74) is 1.71. The van der Waals surface area contributed by atoms with Gasteiger partial charge in [0.05, 0.1) is 6.33 Å². The summed E-state index contributed by atoms with van der Waals surface area (Å²) in [5.74, 6) is 0. The van der Waals surface area contributed by atoms with E-state index in [0.29, 0.717) is 5.41 Å². The quantitative estimate of drug-likeness (QED) is 0.699. The predicted octanol–water partition coefficient (Wildman–Crippen LogP) is 3.02. The van der Waals surface area contributed by atoms with Gasteiger partial charge in [-0.2, -0.15) is 0 Å². The molecule has 0 aromatic carbocycles. The van der Waals surface area contributed by atoms with Gasteiger partial charge in [0.1, 0.15) is 0 Å². The van der Waals surface area contributed by atoms with Crippen LogP contribution in [0.25, 0.3) is 0 Å². The first-order valence-corrected chi connectivity index (χ1v) is 4.96. The summed E-state index contributed by atoms with van der Waals surface area (Å²) in [5, 5.41) is 0. The molecule has 0 saturated heterocycles. The normalized spacial score (nSPS) is 12.0. The van der Waals surface area contributed by atoms with Crippen LogP contribution < -0.4 is 0 Å². The van der Waals surface area contributed by atoms with E-state index < -0.39 is 0 Å². The third-order valence-electron chi connectivity index (χ3n) is 2.25. The number of aromatic nitrogens is 2. The molecule has 0 spiro atoms. The number of hydrogen-bond acceptors (Lipinski definition) is 1. The molecule has 0 aliphatic rings. The van der Waals surface area contributed by atoms with E-state index >= 15 is 0 Å². The van der Waals surface area contributed by atoms with Crippen molar-refractivity contribution in [3.05, 3.63) is 18.2 Å². The van der Waals surface area contributed by atoms with Crippen molar-refractivity contribution < 1.29 is 0 Å². The highest BCUT2D eigenvalue weighted by Crippen LogP contribution is 2.20. The first-order chi connectivity index (χ1) is 5.99. The van der Waals surface area contributed by atoms with E-state index in [2.05, 4.69) is 37.2 Å². The SMILES string of the molecule is Cc1cncn1CCCC(C)(C)C. The average molecular weight is 180 g/mol. The maximum Gasteiger partial charge on any atom is 0.0948 e. The van der Waals surface area contributed by atoms with Gasteiger partial charge in [-0.05, 0) is 25.2 Å². The van der Waals surface area contributed by atoms with Crippen LogP contribution in [0.5, 0.6) is 0 Å². The number of imidazole rings is 1. The summed E-state index contributed by atoms with van der Waals surface area (Å²) >= 11 is 0. The van der Waals surface area contributed by atoms with Gasteiger partial charge in [0.2, 0.25) is 0 Å². The molecule has 0 aliphatic heterocycles. The van der Waals surface area contributed by atoms with Crippen LogP contribution in [0.4, 0.5) is 0 Å². The van der Waals surface area contributed by atoms with Gasteiger partial charge in [-0.1, -0.05) is 20.8 Å². The first-order valence-electron chi connectivity index (χ1n) is 4.96. The second kappa shape index (κ2) is 3.95. The number of rotatable bonds is 3. The molecule has 74 valence electrons. The molecule has 2 nitrogen and oxygen atoms in total. The lowest BCUT2D eigenvalue weighted by Crippen LogP contribution is -2.07. The maximum atomic E-state index is 4.10. The molecule has 0 saturated carbocycles. The molecule has 2 heteroatoms. The second-order valence-corrected chi connectivity index (χ2v) is 4.89. The fraction of sp³-hybridized carbons (Fsp3) is 0.727. The predicted molar refractivity (Wildman–Crippen MR) is 55.7 cm³/mol. The molecule has 1 heterocycles. The molecule has 0 aliphatic carbocycles. The molecule has 0 unspecified atom stereocenters. The highest BCUT2D eigenvalue weighted by atomic mass is 15.0. The Bertz CT molecular complexity index is 255. The Morgan fingerprint density at radius 1 is 1.38 bits per heavy atom. The van der Waals surface area contributed by atoms with Crippen LogP contribution in [0, 0.1) is 12.3 Å². The first kappa shape index (κ1) is 10.3. The van der Waals surface area contributed by atoms with Gasteiger partial charge in [-0.3, -0.25) is 0 Å². The Kier molecular flexibility index (Phi) is 3.12. The lowest BCUT2D eigenvalue weighted by Gasteiger charge is -2.17. The second-order valence-electron chi connectivity index (χ2n) is 4.89. The molecular formula is C11H20N2. The molecule has 0 atom stereocenters. The van der Waals surface area contributed by atoms with Crippen LogP contribution >= 0.6 is 0 Å². The van der Waals surface area contributed by atoms with Gasteiger partial charge in [0.25, 0.3) is 0 Å². The van der Waals surface area contributed by atoms with E-state index in [4.69, 9.17) is 0 Å². The van der Waals surface area contributed by atoms with Crippen molar-refractivity contribution in [3.63, 3.8) is 0 Å². The van der Waals surface area contributed by atoms with Crippen molar-refractivity contribution in [2.45, 2.75) is 47.1 Å². The molecule has 13 heavy (non-hydrogen) atoms. The number of aryl methyl sites for hydroxylation is 2. The molecule has 1 aromatic heterocycles. The Balaban J connectivity index is 2.32. The Morgan fingerprint density at radius 3 is 2.54 bits per heavy atom. The molecule has 0 amide bonds. The molecule has 0 fully saturated rings. The van der Waals surface area contributed by atoms with Crippen LogP contribution in [0.3, 0.4) is 0 Å². The van der Waals surface area contributed by atoms with Gasteiger partial charge in [0, 0.05) is 18.4 Å². The lowest BCUT2D eigenvalue weighted by atomic mass is 9.91. The van der Waals surface area contributed by atoms with Crippen molar-refractivity contribution in [2.75, 3.05) is 0 Å². The van der Waals surface area contributed by atoms with Crippen molar-refractivity contribution in [2.24, 2.45) is 5.41 Å². The third kappa shape index (κ3) is 3.62. The van der Waals surface area contributed by atoms with E-state index in [9.17, 15) is 0 Å². The molecule has 0 radical (unpaired) electrons. The summed E-state index contributed by atoms with van der Waals surface area (Å²) < 4.78 is 2.21. The van der Waals surface area contributed by atoms with E-state index in [1.165, 1.54) is 18.5 Å². The third-order valence-corrected chi connectivity index (χ3v) is 2.25. The summed E-state index contributed by atoms with van der Waals surface area (Å²) in [6.45, 7) is 10.1. The molecule has 1 rings (SSSR count). The zero-order valence-electron chi connectivity index (χ0n) is 9.17. The topological polar surface area (TPSA) is 17.8 Å². The van der Waals surface area contributed by atoms with Gasteiger partial charge in [-0.15, -0.1) is 0 Å². The maximum absolute atomic E-state index is 4.10. The standard InChI is InChI=1S/C11H20N2/c1-10-8-12-9-13(10)7-5-6-11(2,3)4/h8-9H,5-7H2,1-4H3. The van der Waals surface area contributed by atoms with E-state index in [1.807, 2.05) is 12.5 Å². The van der Waals surface area contributed by atoms with Gasteiger partial charge >= 0.3 is 0 Å². The Morgan fingerprint density at radius 2 is 2.08 bits per heavy atom. The summed E-state index contributed by atoms with van der Waals surface area (Å²) in [7, 11) is 0. The van der Waals surface area contributed by atoms with Crippen molar-refractivity contribution in [1.82, 2.24) is 9.55 Å². The monoisotopic (exact) mass is 180 g/mol. The van der Waals surface area contributed by atoms with Crippen LogP contribution in [-0.2, 0) is 6.54 Å². The fourth-order valence-corrected chi connectivity index (χ4v) is 1.40. The molecule has 0 N–H and O–H groups in total. The summed E-state index contributed by atoms with van der Waals surface area (Å²) in [6.07, 6.45) is 6.33. The highest BCUT2D eigenvalue weighted by Gasteiger charge is 2.09. The van der Waals surface area contributed by atoms with E-state index in [1.54, 1.807) is 0 Å².